The number of piperidine rings is 1. The first-order valence-corrected chi connectivity index (χ1v) is 13.7. The Bertz CT molecular complexity index is 1020. The van der Waals surface area contributed by atoms with E-state index in [1.54, 1.807) is 6.07 Å². The van der Waals surface area contributed by atoms with Crippen LogP contribution in [0, 0.1) is 0 Å². The number of rotatable bonds is 4. The maximum atomic E-state index is 6.90. The summed E-state index contributed by atoms with van der Waals surface area (Å²) in [6.45, 7) is 9.24. The highest BCUT2D eigenvalue weighted by Gasteiger charge is 2.39. The van der Waals surface area contributed by atoms with Crippen molar-refractivity contribution < 1.29 is 4.74 Å². The Labute approximate surface area is 226 Å². The summed E-state index contributed by atoms with van der Waals surface area (Å²) in [6.07, 6.45) is 22.5. The largest absolute Gasteiger partial charge is 0.358 e. The molecule has 2 aliphatic heterocycles. The molecule has 1 atom stereocenters. The fraction of sp³-hybridized carbons (Fsp3) is 0.400. The molecule has 2 nitrogen and oxygen atoms in total. The average Bonchev–Trinajstić information content (AvgIpc) is 3.02. The van der Waals surface area contributed by atoms with Crippen LogP contribution in [-0.4, -0.2) is 30.1 Å². The molecule has 0 radical (unpaired) electrons. The maximum absolute atomic E-state index is 6.90. The van der Waals surface area contributed by atoms with Gasteiger partial charge in [-0.15, -0.1) is 0 Å². The minimum absolute atomic E-state index is 0.210. The predicted octanol–water partition coefficient (Wildman–Crippen LogP) is 9.38. The number of ether oxygens (including phenoxy) is 1. The van der Waals surface area contributed by atoms with Crippen molar-refractivity contribution in [2.75, 3.05) is 19.6 Å². The molecule has 1 spiro atoms. The Morgan fingerprint density at radius 2 is 1.66 bits per heavy atom. The number of likely N-dealkylation sites (tertiary alicyclic amines) is 1. The Kier molecular flexibility index (Phi) is 10.9. The van der Waals surface area contributed by atoms with Gasteiger partial charge in [0, 0.05) is 34.7 Å². The van der Waals surface area contributed by atoms with E-state index in [1.165, 1.54) is 11.1 Å². The second kappa shape index (κ2) is 13.7. The standard InChI is InChI=1S/C28H30Cl3NO.C2H6/c1-21-6-3-2-4-9-27(23-18-25(30)20-26(31)19-23)33-28(21)13-16-32(17-14-28)15-12-22-7-5-8-24(29)11-10-22;1-2/h2-6,8-11,18-20,27H,7,12-17H2,1H3;1-2H3/b3-2-,9-4+,21-6+;. The van der Waals surface area contributed by atoms with E-state index in [0.29, 0.717) is 10.0 Å². The molecule has 0 bridgehead atoms. The van der Waals surface area contributed by atoms with E-state index in [2.05, 4.69) is 48.3 Å². The summed E-state index contributed by atoms with van der Waals surface area (Å²) in [5, 5.41) is 2.04. The van der Waals surface area contributed by atoms with Crippen LogP contribution < -0.4 is 0 Å². The highest BCUT2D eigenvalue weighted by Crippen LogP contribution is 2.40. The lowest BCUT2D eigenvalue weighted by molar-refractivity contribution is -0.0855. The molecule has 4 rings (SSSR count). The fourth-order valence-electron chi connectivity index (χ4n) is 4.66. The number of nitrogens with zero attached hydrogens (tertiary/aromatic N) is 1. The van der Waals surface area contributed by atoms with Crippen LogP contribution in [0.3, 0.4) is 0 Å². The molecule has 0 amide bonds. The number of allylic oxidation sites excluding steroid dienone is 9. The second-order valence-corrected chi connectivity index (χ2v) is 10.2. The van der Waals surface area contributed by atoms with Crippen molar-refractivity contribution in [1.82, 2.24) is 4.90 Å². The van der Waals surface area contributed by atoms with Crippen molar-refractivity contribution in [3.05, 3.63) is 105 Å². The van der Waals surface area contributed by atoms with Crippen LogP contribution in [0.2, 0.25) is 10.0 Å². The Morgan fingerprint density at radius 1 is 0.943 bits per heavy atom. The minimum Gasteiger partial charge on any atom is -0.358 e. The maximum Gasteiger partial charge on any atom is 0.102 e. The molecule has 1 unspecified atom stereocenters. The molecule has 188 valence electrons. The summed E-state index contributed by atoms with van der Waals surface area (Å²) in [5.41, 5.74) is 3.35. The number of benzene rings is 1. The molecule has 1 aromatic rings. The van der Waals surface area contributed by atoms with Crippen LogP contribution in [0.4, 0.5) is 0 Å². The average molecular weight is 533 g/mol. The number of halogens is 3. The highest BCUT2D eigenvalue weighted by molar-refractivity contribution is 6.34. The Balaban J connectivity index is 0.00000167. The van der Waals surface area contributed by atoms with Crippen LogP contribution in [-0.2, 0) is 4.74 Å². The van der Waals surface area contributed by atoms with Gasteiger partial charge < -0.3 is 9.64 Å². The van der Waals surface area contributed by atoms with Crippen molar-refractivity contribution >= 4 is 34.8 Å². The van der Waals surface area contributed by atoms with Crippen molar-refractivity contribution in [3.8, 4) is 0 Å². The lowest BCUT2D eigenvalue weighted by Crippen LogP contribution is -2.47. The molecule has 0 N–H and O–H groups in total. The summed E-state index contributed by atoms with van der Waals surface area (Å²) >= 11 is 18.7. The van der Waals surface area contributed by atoms with Gasteiger partial charge in [-0.25, -0.2) is 0 Å². The van der Waals surface area contributed by atoms with E-state index in [1.807, 2.05) is 44.2 Å². The van der Waals surface area contributed by atoms with Crippen LogP contribution in [0.1, 0.15) is 58.1 Å². The SMILES string of the molecule is CC.C\C1=C/C=C\C=C\C(c2cc(Cl)cc(Cl)c2)OC12CCN(CCC1=CC=C(Cl)C=CC1)CC2. The number of hydrogen-bond acceptors (Lipinski definition) is 2. The molecule has 1 fully saturated rings. The van der Waals surface area contributed by atoms with Crippen molar-refractivity contribution in [2.45, 2.75) is 58.2 Å². The second-order valence-electron chi connectivity index (χ2n) is 8.93. The van der Waals surface area contributed by atoms with Gasteiger partial charge in [0.2, 0.25) is 0 Å². The Morgan fingerprint density at radius 3 is 2.37 bits per heavy atom. The summed E-state index contributed by atoms with van der Waals surface area (Å²) in [5.74, 6) is 0. The van der Waals surface area contributed by atoms with Crippen molar-refractivity contribution in [1.29, 1.82) is 0 Å². The fourth-order valence-corrected chi connectivity index (χ4v) is 5.35. The third kappa shape index (κ3) is 7.97. The minimum atomic E-state index is -0.310. The zero-order valence-corrected chi connectivity index (χ0v) is 23.2. The van der Waals surface area contributed by atoms with Gasteiger partial charge in [-0.2, -0.15) is 0 Å². The summed E-state index contributed by atoms with van der Waals surface area (Å²) < 4.78 is 6.90. The highest BCUT2D eigenvalue weighted by atomic mass is 35.5. The van der Waals surface area contributed by atoms with Gasteiger partial charge >= 0.3 is 0 Å². The van der Waals surface area contributed by atoms with Gasteiger partial charge in [0.25, 0.3) is 0 Å². The van der Waals surface area contributed by atoms with Crippen LogP contribution in [0.5, 0.6) is 0 Å². The molecule has 1 saturated heterocycles. The van der Waals surface area contributed by atoms with Gasteiger partial charge in [-0.1, -0.05) is 96.8 Å². The van der Waals surface area contributed by atoms with Crippen molar-refractivity contribution in [3.63, 3.8) is 0 Å². The van der Waals surface area contributed by atoms with E-state index in [0.717, 1.165) is 55.9 Å². The molecule has 0 saturated carbocycles. The van der Waals surface area contributed by atoms with Gasteiger partial charge in [-0.05, 0) is 74.1 Å². The summed E-state index contributed by atoms with van der Waals surface area (Å²) in [4.78, 5) is 2.55. The van der Waals surface area contributed by atoms with E-state index in [4.69, 9.17) is 39.5 Å². The molecule has 35 heavy (non-hydrogen) atoms. The normalized spacial score (nSPS) is 25.4. The lowest BCUT2D eigenvalue weighted by Gasteiger charge is -2.44. The lowest BCUT2D eigenvalue weighted by atomic mass is 9.83. The quantitative estimate of drug-likeness (QED) is 0.383. The molecule has 5 heteroatoms. The van der Waals surface area contributed by atoms with Gasteiger partial charge in [-0.3, -0.25) is 0 Å². The number of hydrogen-bond donors (Lipinski definition) is 0. The Hall–Kier alpha value is -1.55. The zero-order valence-electron chi connectivity index (χ0n) is 20.9. The van der Waals surface area contributed by atoms with Gasteiger partial charge in [0.1, 0.15) is 6.10 Å². The van der Waals surface area contributed by atoms with Crippen LogP contribution >= 0.6 is 34.8 Å². The summed E-state index contributed by atoms with van der Waals surface area (Å²) in [7, 11) is 0. The van der Waals surface area contributed by atoms with E-state index in [-0.39, 0.29) is 11.7 Å². The van der Waals surface area contributed by atoms with E-state index >= 15 is 0 Å². The molecular formula is C30H36Cl3NO. The first-order valence-electron chi connectivity index (χ1n) is 12.5. The smallest absolute Gasteiger partial charge is 0.102 e. The van der Waals surface area contributed by atoms with Crippen molar-refractivity contribution in [2.24, 2.45) is 0 Å². The van der Waals surface area contributed by atoms with E-state index in [9.17, 15) is 0 Å². The molecule has 1 aromatic carbocycles. The van der Waals surface area contributed by atoms with Gasteiger partial charge in [0.05, 0.1) is 5.60 Å². The monoisotopic (exact) mass is 531 g/mol. The third-order valence-electron chi connectivity index (χ3n) is 6.69. The van der Waals surface area contributed by atoms with Gasteiger partial charge in [0.15, 0.2) is 0 Å². The topological polar surface area (TPSA) is 12.5 Å². The van der Waals surface area contributed by atoms with Crippen LogP contribution in [0.25, 0.3) is 0 Å². The first kappa shape index (κ1) is 28.0. The molecule has 2 heterocycles. The predicted molar refractivity (Wildman–Crippen MR) is 152 cm³/mol. The third-order valence-corrected chi connectivity index (χ3v) is 7.38. The molecule has 1 aliphatic carbocycles. The van der Waals surface area contributed by atoms with E-state index < -0.39 is 0 Å². The first-order chi connectivity index (χ1) is 16.9. The molecule has 3 aliphatic rings. The van der Waals surface area contributed by atoms with Crippen LogP contribution in [0.15, 0.2) is 89.1 Å². The molecule has 0 aromatic heterocycles. The molecular weight excluding hydrogens is 497 g/mol. The zero-order chi connectivity index (χ0) is 25.3. The summed E-state index contributed by atoms with van der Waals surface area (Å²) in [6, 6.07) is 5.65.